The van der Waals surface area contributed by atoms with Crippen LogP contribution in [0.5, 0.6) is 0 Å². The minimum atomic E-state index is 0.809. The molecule has 3 nitrogen and oxygen atoms in total. The quantitative estimate of drug-likeness (QED) is 0.752. The first-order valence-electron chi connectivity index (χ1n) is 5.24. The Labute approximate surface area is 86.1 Å². The molecule has 0 amide bonds. The molecule has 14 heavy (non-hydrogen) atoms. The van der Waals surface area contributed by atoms with Crippen molar-refractivity contribution in [2.45, 2.75) is 26.9 Å². The summed E-state index contributed by atoms with van der Waals surface area (Å²) in [5.74, 6) is 1.06. The van der Waals surface area contributed by atoms with E-state index >= 15 is 0 Å². The van der Waals surface area contributed by atoms with Gasteiger partial charge in [0.2, 0.25) is 0 Å². The number of nitrogens with zero attached hydrogens (tertiary/aromatic N) is 1. The van der Waals surface area contributed by atoms with E-state index in [1.54, 1.807) is 6.26 Å². The van der Waals surface area contributed by atoms with Crippen molar-refractivity contribution in [1.82, 2.24) is 10.2 Å². The molecule has 0 saturated heterocycles. The topological polar surface area (TPSA) is 28.4 Å². The predicted octanol–water partition coefficient (Wildman–Crippen LogP) is 1.84. The molecule has 0 aromatic carbocycles. The molecule has 0 radical (unpaired) electrons. The number of nitrogens with one attached hydrogen (secondary N) is 1. The Bertz CT molecular complexity index is 254. The Balaban J connectivity index is 2.60. The maximum atomic E-state index is 5.41. The first kappa shape index (κ1) is 11.3. The lowest BCUT2D eigenvalue weighted by Gasteiger charge is -2.17. The van der Waals surface area contributed by atoms with E-state index in [4.69, 9.17) is 4.42 Å². The number of hydrogen-bond donors (Lipinski definition) is 1. The van der Waals surface area contributed by atoms with Gasteiger partial charge in [-0.2, -0.15) is 0 Å². The largest absolute Gasteiger partial charge is 0.468 e. The van der Waals surface area contributed by atoms with Gasteiger partial charge in [-0.15, -0.1) is 0 Å². The average molecular weight is 196 g/mol. The smallest absolute Gasteiger partial charge is 0.122 e. The molecule has 1 heterocycles. The fourth-order valence-corrected chi connectivity index (χ4v) is 1.51. The molecular weight excluding hydrogens is 176 g/mol. The number of rotatable bonds is 6. The standard InChI is InChI=1S/C11H20N2O/c1-4-13(5-2)9-10-6-7-14-11(10)8-12-3/h6-7,12H,4-5,8-9H2,1-3H3. The molecule has 1 aromatic heterocycles. The molecule has 1 N–H and O–H groups in total. The summed E-state index contributed by atoms with van der Waals surface area (Å²) in [6.07, 6.45) is 1.77. The van der Waals surface area contributed by atoms with Crippen molar-refractivity contribution in [3.05, 3.63) is 23.7 Å². The van der Waals surface area contributed by atoms with E-state index in [0.717, 1.165) is 31.9 Å². The SMILES string of the molecule is CCN(CC)Cc1ccoc1CNC. The predicted molar refractivity (Wildman–Crippen MR) is 58.1 cm³/mol. The van der Waals surface area contributed by atoms with Crippen LogP contribution in [0.1, 0.15) is 25.2 Å². The summed E-state index contributed by atoms with van der Waals surface area (Å²) in [6.45, 7) is 8.33. The minimum absolute atomic E-state index is 0.809. The van der Waals surface area contributed by atoms with Gasteiger partial charge in [0.05, 0.1) is 12.8 Å². The molecule has 0 spiro atoms. The van der Waals surface area contributed by atoms with Crippen molar-refractivity contribution in [2.24, 2.45) is 0 Å². The van der Waals surface area contributed by atoms with Crippen molar-refractivity contribution in [3.63, 3.8) is 0 Å². The van der Waals surface area contributed by atoms with Crippen LogP contribution in [0.25, 0.3) is 0 Å². The van der Waals surface area contributed by atoms with Crippen LogP contribution in [0.15, 0.2) is 16.7 Å². The van der Waals surface area contributed by atoms with Gasteiger partial charge in [0.15, 0.2) is 0 Å². The van der Waals surface area contributed by atoms with Gasteiger partial charge in [0, 0.05) is 12.1 Å². The van der Waals surface area contributed by atoms with Crippen molar-refractivity contribution >= 4 is 0 Å². The fourth-order valence-electron chi connectivity index (χ4n) is 1.51. The second-order valence-electron chi connectivity index (χ2n) is 3.36. The molecule has 1 rings (SSSR count). The first-order chi connectivity index (χ1) is 6.81. The summed E-state index contributed by atoms with van der Waals surface area (Å²) in [4.78, 5) is 2.38. The summed E-state index contributed by atoms with van der Waals surface area (Å²) in [5, 5.41) is 3.11. The van der Waals surface area contributed by atoms with E-state index in [-0.39, 0.29) is 0 Å². The lowest BCUT2D eigenvalue weighted by molar-refractivity contribution is 0.292. The number of hydrogen-bond acceptors (Lipinski definition) is 3. The Morgan fingerprint density at radius 2 is 2.07 bits per heavy atom. The van der Waals surface area contributed by atoms with Crippen LogP contribution >= 0.6 is 0 Å². The van der Waals surface area contributed by atoms with Crippen LogP contribution in [0, 0.1) is 0 Å². The Kier molecular flexibility index (Phi) is 4.70. The summed E-state index contributed by atoms with van der Waals surface area (Å²) in [6, 6.07) is 2.06. The Hall–Kier alpha value is -0.800. The third kappa shape index (κ3) is 2.86. The average Bonchev–Trinajstić information content (AvgIpc) is 2.62. The van der Waals surface area contributed by atoms with Crippen LogP contribution in [-0.2, 0) is 13.1 Å². The monoisotopic (exact) mass is 196 g/mol. The maximum absolute atomic E-state index is 5.41. The van der Waals surface area contributed by atoms with Gasteiger partial charge in [0.25, 0.3) is 0 Å². The van der Waals surface area contributed by atoms with E-state index in [1.807, 2.05) is 7.05 Å². The summed E-state index contributed by atoms with van der Waals surface area (Å²) < 4.78 is 5.41. The molecule has 1 aromatic rings. The second kappa shape index (κ2) is 5.83. The molecule has 0 unspecified atom stereocenters. The van der Waals surface area contributed by atoms with Gasteiger partial charge in [-0.05, 0) is 26.2 Å². The summed E-state index contributed by atoms with van der Waals surface area (Å²) in [7, 11) is 1.93. The molecule has 80 valence electrons. The zero-order valence-electron chi connectivity index (χ0n) is 9.34. The van der Waals surface area contributed by atoms with Crippen molar-refractivity contribution in [1.29, 1.82) is 0 Å². The molecule has 0 aliphatic rings. The molecule has 0 fully saturated rings. The van der Waals surface area contributed by atoms with Gasteiger partial charge in [-0.25, -0.2) is 0 Å². The Morgan fingerprint density at radius 1 is 1.36 bits per heavy atom. The van der Waals surface area contributed by atoms with Gasteiger partial charge in [-0.1, -0.05) is 13.8 Å². The van der Waals surface area contributed by atoms with Crippen molar-refractivity contribution in [3.8, 4) is 0 Å². The zero-order chi connectivity index (χ0) is 10.4. The summed E-state index contributed by atoms with van der Waals surface area (Å²) in [5.41, 5.74) is 1.29. The minimum Gasteiger partial charge on any atom is -0.468 e. The van der Waals surface area contributed by atoms with Crippen molar-refractivity contribution in [2.75, 3.05) is 20.1 Å². The molecular formula is C11H20N2O. The molecule has 0 saturated carbocycles. The fraction of sp³-hybridized carbons (Fsp3) is 0.636. The van der Waals surface area contributed by atoms with Gasteiger partial charge in [-0.3, -0.25) is 4.90 Å². The van der Waals surface area contributed by atoms with Crippen LogP contribution < -0.4 is 5.32 Å². The first-order valence-corrected chi connectivity index (χ1v) is 5.24. The normalized spacial score (nSPS) is 11.1. The maximum Gasteiger partial charge on any atom is 0.122 e. The molecule has 0 aliphatic carbocycles. The van der Waals surface area contributed by atoms with Crippen LogP contribution in [0.4, 0.5) is 0 Å². The van der Waals surface area contributed by atoms with E-state index in [2.05, 4.69) is 30.1 Å². The van der Waals surface area contributed by atoms with Crippen LogP contribution in [0.3, 0.4) is 0 Å². The molecule has 0 atom stereocenters. The Morgan fingerprint density at radius 3 is 2.64 bits per heavy atom. The number of furan rings is 1. The highest BCUT2D eigenvalue weighted by molar-refractivity contribution is 5.16. The van der Waals surface area contributed by atoms with E-state index < -0.39 is 0 Å². The van der Waals surface area contributed by atoms with Crippen LogP contribution in [0.2, 0.25) is 0 Å². The van der Waals surface area contributed by atoms with E-state index in [1.165, 1.54) is 5.56 Å². The molecule has 0 bridgehead atoms. The lowest BCUT2D eigenvalue weighted by atomic mass is 10.2. The van der Waals surface area contributed by atoms with Crippen molar-refractivity contribution < 1.29 is 4.42 Å². The van der Waals surface area contributed by atoms with Gasteiger partial charge >= 0.3 is 0 Å². The van der Waals surface area contributed by atoms with Crippen LogP contribution in [-0.4, -0.2) is 25.0 Å². The second-order valence-corrected chi connectivity index (χ2v) is 3.36. The molecule has 3 heteroatoms. The van der Waals surface area contributed by atoms with Gasteiger partial charge in [0.1, 0.15) is 5.76 Å². The van der Waals surface area contributed by atoms with E-state index in [9.17, 15) is 0 Å². The van der Waals surface area contributed by atoms with E-state index in [0.29, 0.717) is 0 Å². The van der Waals surface area contributed by atoms with Gasteiger partial charge < -0.3 is 9.73 Å². The lowest BCUT2D eigenvalue weighted by Crippen LogP contribution is -2.22. The highest BCUT2D eigenvalue weighted by Gasteiger charge is 2.08. The highest BCUT2D eigenvalue weighted by Crippen LogP contribution is 2.12. The summed E-state index contributed by atoms with van der Waals surface area (Å²) >= 11 is 0. The third-order valence-corrected chi connectivity index (χ3v) is 2.46. The highest BCUT2D eigenvalue weighted by atomic mass is 16.3. The third-order valence-electron chi connectivity index (χ3n) is 2.46. The zero-order valence-corrected chi connectivity index (χ0v) is 9.34. The molecule has 0 aliphatic heterocycles.